The number of benzene rings is 2. The Morgan fingerprint density at radius 3 is 2.75 bits per heavy atom. The molecule has 24 heavy (non-hydrogen) atoms. The average molecular weight is 365 g/mol. The normalized spacial score (nSPS) is 16.7. The van der Waals surface area contributed by atoms with Crippen molar-refractivity contribution in [1.29, 1.82) is 0 Å². The van der Waals surface area contributed by atoms with E-state index < -0.39 is 10.0 Å². The monoisotopic (exact) mass is 364 g/mol. The molecule has 1 aliphatic carbocycles. The smallest absolute Gasteiger partial charge is 0.251 e. The fourth-order valence-corrected chi connectivity index (χ4v) is 3.87. The Morgan fingerprint density at radius 2 is 2.00 bits per heavy atom. The van der Waals surface area contributed by atoms with Gasteiger partial charge in [-0.3, -0.25) is 4.79 Å². The van der Waals surface area contributed by atoms with E-state index in [9.17, 15) is 13.2 Å². The van der Waals surface area contributed by atoms with Crippen LogP contribution in [0.2, 0.25) is 5.02 Å². The van der Waals surface area contributed by atoms with Gasteiger partial charge in [-0.05, 0) is 61.3 Å². The number of fused-ring (bicyclic) bond motifs is 1. The third kappa shape index (κ3) is 3.31. The van der Waals surface area contributed by atoms with E-state index in [1.807, 2.05) is 18.2 Å². The highest BCUT2D eigenvalue weighted by atomic mass is 35.5. The predicted octanol–water partition coefficient (Wildman–Crippen LogP) is 2.67. The lowest BCUT2D eigenvalue weighted by Crippen LogP contribution is -2.27. The number of carbonyl (C=O) groups is 1. The summed E-state index contributed by atoms with van der Waals surface area (Å²) in [6, 6.07) is 11.6. The van der Waals surface area contributed by atoms with E-state index in [-0.39, 0.29) is 16.8 Å². The summed E-state index contributed by atoms with van der Waals surface area (Å²) in [6.07, 6.45) is 1.66. The van der Waals surface area contributed by atoms with E-state index in [1.54, 1.807) is 12.1 Å². The quantitative estimate of drug-likeness (QED) is 0.875. The predicted molar refractivity (Wildman–Crippen MR) is 92.7 cm³/mol. The zero-order valence-corrected chi connectivity index (χ0v) is 14.6. The van der Waals surface area contributed by atoms with Crippen LogP contribution in [0.5, 0.6) is 0 Å². The van der Waals surface area contributed by atoms with Gasteiger partial charge in [0.1, 0.15) is 0 Å². The third-order valence-electron chi connectivity index (χ3n) is 4.16. The van der Waals surface area contributed by atoms with Gasteiger partial charge in [-0.2, -0.15) is 0 Å². The Balaban J connectivity index is 1.81. The molecule has 1 atom stereocenters. The molecule has 2 aromatic rings. The first kappa shape index (κ1) is 17.0. The minimum atomic E-state index is -3.58. The Labute approximate surface area is 146 Å². The second kappa shape index (κ2) is 6.55. The molecule has 0 spiro atoms. The van der Waals surface area contributed by atoms with Crippen LogP contribution in [-0.2, 0) is 16.4 Å². The fourth-order valence-electron chi connectivity index (χ4n) is 2.90. The highest BCUT2D eigenvalue weighted by molar-refractivity contribution is 7.89. The first-order chi connectivity index (χ1) is 11.4. The number of sulfonamides is 1. The van der Waals surface area contributed by atoms with Crippen LogP contribution in [0.1, 0.15) is 33.9 Å². The summed E-state index contributed by atoms with van der Waals surface area (Å²) in [7, 11) is -2.24. The largest absolute Gasteiger partial charge is 0.345 e. The van der Waals surface area contributed by atoms with Crippen molar-refractivity contribution in [2.24, 2.45) is 0 Å². The molecule has 0 fully saturated rings. The molecule has 2 aromatic carbocycles. The molecule has 7 heteroatoms. The maximum atomic E-state index is 12.5. The van der Waals surface area contributed by atoms with Gasteiger partial charge in [0.05, 0.1) is 10.9 Å². The van der Waals surface area contributed by atoms with Gasteiger partial charge < -0.3 is 5.32 Å². The van der Waals surface area contributed by atoms with E-state index >= 15 is 0 Å². The second-order valence-corrected chi connectivity index (χ2v) is 7.97. The minimum Gasteiger partial charge on any atom is -0.345 e. The molecule has 126 valence electrons. The summed E-state index contributed by atoms with van der Waals surface area (Å²) in [4.78, 5) is 12.6. The van der Waals surface area contributed by atoms with E-state index in [2.05, 4.69) is 10.0 Å². The van der Waals surface area contributed by atoms with Crippen LogP contribution in [0.3, 0.4) is 0 Å². The van der Waals surface area contributed by atoms with Crippen LogP contribution in [-0.4, -0.2) is 21.4 Å². The van der Waals surface area contributed by atoms with Gasteiger partial charge in [-0.15, -0.1) is 0 Å². The van der Waals surface area contributed by atoms with Crippen molar-refractivity contribution < 1.29 is 13.2 Å². The van der Waals surface area contributed by atoms with Gasteiger partial charge >= 0.3 is 0 Å². The number of halogens is 1. The van der Waals surface area contributed by atoms with Crippen molar-refractivity contribution >= 4 is 27.5 Å². The highest BCUT2D eigenvalue weighted by Crippen LogP contribution is 2.33. The lowest BCUT2D eigenvalue weighted by atomic mass is 10.1. The molecule has 2 N–H and O–H groups in total. The molecular formula is C17H17ClN2O3S. The number of hydrogen-bond donors (Lipinski definition) is 2. The first-order valence-corrected chi connectivity index (χ1v) is 9.39. The first-order valence-electron chi connectivity index (χ1n) is 7.53. The van der Waals surface area contributed by atoms with Gasteiger partial charge in [0.2, 0.25) is 10.0 Å². The van der Waals surface area contributed by atoms with Crippen LogP contribution in [0.15, 0.2) is 47.4 Å². The summed E-state index contributed by atoms with van der Waals surface area (Å²) in [5.74, 6) is -0.295. The Hall–Kier alpha value is -1.89. The van der Waals surface area contributed by atoms with Gasteiger partial charge in [0.25, 0.3) is 5.91 Å². The Bertz CT molecular complexity index is 896. The van der Waals surface area contributed by atoms with Gasteiger partial charge in [0, 0.05) is 10.6 Å². The maximum Gasteiger partial charge on any atom is 0.251 e. The highest BCUT2D eigenvalue weighted by Gasteiger charge is 2.25. The zero-order chi connectivity index (χ0) is 17.3. The molecular weight excluding hydrogens is 348 g/mol. The van der Waals surface area contributed by atoms with Crippen molar-refractivity contribution in [2.45, 2.75) is 23.8 Å². The maximum absolute atomic E-state index is 12.5. The topological polar surface area (TPSA) is 75.3 Å². The minimum absolute atomic E-state index is 0.0660. The molecule has 0 heterocycles. The number of nitrogens with one attached hydrogen (secondary N) is 2. The van der Waals surface area contributed by atoms with Crippen LogP contribution in [0.25, 0.3) is 0 Å². The number of amides is 1. The van der Waals surface area contributed by atoms with Crippen LogP contribution in [0, 0.1) is 0 Å². The summed E-state index contributed by atoms with van der Waals surface area (Å²) in [6.45, 7) is 0. The second-order valence-electron chi connectivity index (χ2n) is 5.64. The molecule has 0 aromatic heterocycles. The molecule has 0 saturated heterocycles. The molecule has 0 radical (unpaired) electrons. The van der Waals surface area contributed by atoms with Gasteiger partial charge in [-0.1, -0.05) is 23.7 Å². The van der Waals surface area contributed by atoms with Crippen molar-refractivity contribution in [3.05, 3.63) is 64.2 Å². The molecule has 1 aliphatic rings. The summed E-state index contributed by atoms with van der Waals surface area (Å²) >= 11 is 6.00. The molecule has 3 rings (SSSR count). The van der Waals surface area contributed by atoms with Crippen molar-refractivity contribution in [3.8, 4) is 0 Å². The van der Waals surface area contributed by atoms with Crippen LogP contribution < -0.4 is 10.0 Å². The van der Waals surface area contributed by atoms with Gasteiger partial charge in [-0.25, -0.2) is 13.1 Å². The van der Waals surface area contributed by atoms with Gasteiger partial charge in [0.15, 0.2) is 0 Å². The summed E-state index contributed by atoms with van der Waals surface area (Å²) in [5.41, 5.74) is 2.51. The number of rotatable bonds is 4. The Kier molecular flexibility index (Phi) is 4.62. The summed E-state index contributed by atoms with van der Waals surface area (Å²) in [5, 5.41) is 3.66. The van der Waals surface area contributed by atoms with E-state index in [1.165, 1.54) is 19.2 Å². The fraction of sp³-hybridized carbons (Fsp3) is 0.235. The number of aryl methyl sites for hydroxylation is 1. The molecule has 0 saturated carbocycles. The van der Waals surface area contributed by atoms with E-state index in [4.69, 9.17) is 11.6 Å². The summed E-state index contributed by atoms with van der Waals surface area (Å²) < 4.78 is 26.0. The number of carbonyl (C=O) groups excluding carboxylic acids is 1. The molecule has 1 amide bonds. The standard InChI is InChI=1S/C17H17ClN2O3S/c1-19-24(22,23)14-4-2-3-12(10-14)17(21)20-16-8-5-11-9-13(18)6-7-15(11)16/h2-4,6-7,9-10,16,19H,5,8H2,1H3,(H,20,21)/t16-/m1/s1. The third-order valence-corrected chi connectivity index (χ3v) is 5.81. The molecule has 0 bridgehead atoms. The zero-order valence-electron chi connectivity index (χ0n) is 13.0. The van der Waals surface area contributed by atoms with Crippen LogP contribution >= 0.6 is 11.6 Å². The van der Waals surface area contributed by atoms with E-state index in [0.29, 0.717) is 10.6 Å². The average Bonchev–Trinajstić information content (AvgIpc) is 2.96. The number of hydrogen-bond acceptors (Lipinski definition) is 3. The van der Waals surface area contributed by atoms with E-state index in [0.717, 1.165) is 24.0 Å². The SMILES string of the molecule is CNS(=O)(=O)c1cccc(C(=O)N[C@@H]2CCc3cc(Cl)ccc32)c1. The Morgan fingerprint density at radius 1 is 1.21 bits per heavy atom. The van der Waals surface area contributed by atoms with Crippen molar-refractivity contribution in [1.82, 2.24) is 10.0 Å². The molecule has 5 nitrogen and oxygen atoms in total. The lowest BCUT2D eigenvalue weighted by molar-refractivity contribution is 0.0936. The molecule has 0 aliphatic heterocycles. The van der Waals surface area contributed by atoms with Crippen molar-refractivity contribution in [2.75, 3.05) is 7.05 Å². The van der Waals surface area contributed by atoms with Crippen molar-refractivity contribution in [3.63, 3.8) is 0 Å². The lowest BCUT2D eigenvalue weighted by Gasteiger charge is -2.14. The van der Waals surface area contributed by atoms with Crippen LogP contribution in [0.4, 0.5) is 0 Å². The molecule has 0 unspecified atom stereocenters.